The van der Waals surface area contributed by atoms with Crippen molar-refractivity contribution >= 4 is 23.2 Å². The fourth-order valence-corrected chi connectivity index (χ4v) is 3.69. The van der Waals surface area contributed by atoms with E-state index in [1.54, 1.807) is 29.6 Å². The molecule has 32 heavy (non-hydrogen) atoms. The number of nitrogens with zero attached hydrogens (tertiary/aromatic N) is 2. The Kier molecular flexibility index (Phi) is 6.99. The van der Waals surface area contributed by atoms with E-state index < -0.39 is 36.5 Å². The van der Waals surface area contributed by atoms with Gasteiger partial charge in [-0.25, -0.2) is 4.98 Å². The van der Waals surface area contributed by atoms with Crippen LogP contribution in [-0.2, 0) is 19.2 Å². The summed E-state index contributed by atoms with van der Waals surface area (Å²) in [5.41, 5.74) is -2.19. The number of alkyl halides is 3. The van der Waals surface area contributed by atoms with Crippen LogP contribution in [-0.4, -0.2) is 39.2 Å². The van der Waals surface area contributed by atoms with Gasteiger partial charge in [0.1, 0.15) is 5.82 Å². The lowest BCUT2D eigenvalue weighted by atomic mass is 9.97. The van der Waals surface area contributed by atoms with Crippen LogP contribution in [0.1, 0.15) is 37.8 Å². The smallest absolute Gasteiger partial charge is 0.374 e. The van der Waals surface area contributed by atoms with E-state index in [2.05, 4.69) is 15.6 Å². The highest BCUT2D eigenvalue weighted by Gasteiger charge is 2.57. The average Bonchev–Trinajstić information content (AvgIpc) is 3.43. The lowest BCUT2D eigenvalue weighted by molar-refractivity contribution is -0.272. The summed E-state index contributed by atoms with van der Waals surface area (Å²) in [4.78, 5) is 28.5. The van der Waals surface area contributed by atoms with Crippen LogP contribution in [0.3, 0.4) is 0 Å². The third-order valence-electron chi connectivity index (χ3n) is 4.85. The van der Waals surface area contributed by atoms with Crippen LogP contribution in [0.25, 0.3) is 0 Å². The Morgan fingerprint density at radius 3 is 2.41 bits per heavy atom. The Labute approximate surface area is 185 Å². The van der Waals surface area contributed by atoms with Crippen molar-refractivity contribution < 1.29 is 27.9 Å². The van der Waals surface area contributed by atoms with E-state index in [-0.39, 0.29) is 18.0 Å². The molecule has 3 N–H and O–H groups in total. The van der Waals surface area contributed by atoms with Crippen LogP contribution in [0.5, 0.6) is 0 Å². The van der Waals surface area contributed by atoms with Gasteiger partial charge in [0.2, 0.25) is 5.60 Å². The minimum absolute atomic E-state index is 0.202. The zero-order valence-electron chi connectivity index (χ0n) is 17.0. The third kappa shape index (κ3) is 5.17. The summed E-state index contributed by atoms with van der Waals surface area (Å²) in [5.74, 6) is -1.33. The molecule has 0 saturated heterocycles. The monoisotopic (exact) mass is 466 g/mol. The average molecular weight is 466 g/mol. The second kappa shape index (κ2) is 9.53. The van der Waals surface area contributed by atoms with E-state index in [4.69, 9.17) is 0 Å². The molecule has 2 amide bonds. The highest BCUT2D eigenvalue weighted by molar-refractivity contribution is 7.12. The van der Waals surface area contributed by atoms with Gasteiger partial charge in [-0.3, -0.25) is 9.59 Å². The van der Waals surface area contributed by atoms with Gasteiger partial charge in [-0.1, -0.05) is 18.2 Å². The van der Waals surface area contributed by atoms with Crippen LogP contribution in [0.4, 0.5) is 13.2 Å². The van der Waals surface area contributed by atoms with E-state index in [0.29, 0.717) is 4.88 Å². The van der Waals surface area contributed by atoms with Gasteiger partial charge in [0.05, 0.1) is 4.88 Å². The van der Waals surface area contributed by atoms with Crippen LogP contribution in [0.2, 0.25) is 0 Å². The van der Waals surface area contributed by atoms with Gasteiger partial charge in [0, 0.05) is 44.5 Å². The number of aliphatic hydroxyl groups is 1. The van der Waals surface area contributed by atoms with Crippen molar-refractivity contribution in [2.24, 2.45) is 7.05 Å². The van der Waals surface area contributed by atoms with Gasteiger partial charge >= 0.3 is 6.18 Å². The van der Waals surface area contributed by atoms with Gasteiger partial charge in [-0.2, -0.15) is 13.2 Å². The highest BCUT2D eigenvalue weighted by Crippen LogP contribution is 2.40. The molecule has 0 radical (unpaired) electrons. The SMILES string of the molecule is Cn1ccnc1C(O)(CCNC(=O)c1ccc(CNC(=O)c2cccs2)cc1)C(F)(F)F. The molecule has 170 valence electrons. The van der Waals surface area contributed by atoms with E-state index in [9.17, 15) is 27.9 Å². The van der Waals surface area contributed by atoms with Crippen molar-refractivity contribution in [3.05, 3.63) is 76.0 Å². The molecule has 1 unspecified atom stereocenters. The Balaban J connectivity index is 1.55. The first-order chi connectivity index (χ1) is 15.1. The first-order valence-corrected chi connectivity index (χ1v) is 10.5. The summed E-state index contributed by atoms with van der Waals surface area (Å²) >= 11 is 1.32. The maximum absolute atomic E-state index is 13.5. The third-order valence-corrected chi connectivity index (χ3v) is 5.72. The lowest BCUT2D eigenvalue weighted by Gasteiger charge is -2.30. The number of benzene rings is 1. The van der Waals surface area contributed by atoms with Crippen LogP contribution >= 0.6 is 11.3 Å². The summed E-state index contributed by atoms with van der Waals surface area (Å²) in [6.45, 7) is -0.152. The molecular formula is C21H21F3N4O3S. The fourth-order valence-electron chi connectivity index (χ4n) is 3.05. The predicted octanol–water partition coefficient (Wildman–Crippen LogP) is 2.98. The van der Waals surface area contributed by atoms with Gasteiger partial charge in [-0.05, 0) is 29.1 Å². The van der Waals surface area contributed by atoms with Crippen molar-refractivity contribution in [1.82, 2.24) is 20.2 Å². The topological polar surface area (TPSA) is 96.2 Å². The van der Waals surface area contributed by atoms with Crippen molar-refractivity contribution in [1.29, 1.82) is 0 Å². The summed E-state index contributed by atoms with van der Waals surface area (Å²) in [6.07, 6.45) is -3.30. The van der Waals surface area contributed by atoms with Crippen molar-refractivity contribution in [2.45, 2.75) is 24.7 Å². The normalized spacial score (nSPS) is 13.4. The molecule has 0 aliphatic carbocycles. The molecule has 0 aliphatic rings. The number of nitrogens with one attached hydrogen (secondary N) is 2. The molecule has 11 heteroatoms. The first-order valence-electron chi connectivity index (χ1n) is 9.57. The Morgan fingerprint density at radius 2 is 1.84 bits per heavy atom. The molecule has 0 aliphatic heterocycles. The molecule has 2 aromatic heterocycles. The van der Waals surface area contributed by atoms with E-state index in [1.165, 1.54) is 36.7 Å². The molecule has 7 nitrogen and oxygen atoms in total. The molecular weight excluding hydrogens is 445 g/mol. The predicted molar refractivity (Wildman–Crippen MR) is 112 cm³/mol. The molecule has 3 rings (SSSR count). The summed E-state index contributed by atoms with van der Waals surface area (Å²) < 4.78 is 41.6. The van der Waals surface area contributed by atoms with Gasteiger partial charge in [0.15, 0.2) is 0 Å². The molecule has 1 atom stereocenters. The quantitative estimate of drug-likeness (QED) is 0.476. The first kappa shape index (κ1) is 23.5. The number of hydrogen-bond donors (Lipinski definition) is 3. The maximum atomic E-state index is 13.5. The van der Waals surface area contributed by atoms with Crippen molar-refractivity contribution in [3.8, 4) is 0 Å². The number of aryl methyl sites for hydroxylation is 1. The van der Waals surface area contributed by atoms with Gasteiger partial charge in [0.25, 0.3) is 11.8 Å². The lowest BCUT2D eigenvalue weighted by Crippen LogP contribution is -2.46. The second-order valence-electron chi connectivity index (χ2n) is 7.08. The minimum atomic E-state index is -4.97. The molecule has 3 aromatic rings. The van der Waals surface area contributed by atoms with Crippen LogP contribution < -0.4 is 10.6 Å². The molecule has 2 heterocycles. The largest absolute Gasteiger partial charge is 0.424 e. The number of carbonyl (C=O) groups excluding carboxylic acids is 2. The molecule has 0 spiro atoms. The number of rotatable bonds is 8. The molecule has 1 aromatic carbocycles. The molecule has 0 bridgehead atoms. The van der Waals surface area contributed by atoms with E-state index in [0.717, 1.165) is 16.3 Å². The van der Waals surface area contributed by atoms with Crippen molar-refractivity contribution in [2.75, 3.05) is 6.54 Å². The Hall–Kier alpha value is -3.18. The number of amides is 2. The van der Waals surface area contributed by atoms with Crippen LogP contribution in [0, 0.1) is 0 Å². The zero-order chi connectivity index (χ0) is 23.4. The Morgan fingerprint density at radius 1 is 1.12 bits per heavy atom. The minimum Gasteiger partial charge on any atom is -0.374 e. The highest BCUT2D eigenvalue weighted by atomic mass is 32.1. The van der Waals surface area contributed by atoms with Crippen molar-refractivity contribution in [3.63, 3.8) is 0 Å². The number of imidazole rings is 1. The van der Waals surface area contributed by atoms with E-state index in [1.807, 2.05) is 0 Å². The molecule has 0 fully saturated rings. The summed E-state index contributed by atoms with van der Waals surface area (Å²) in [6, 6.07) is 9.79. The van der Waals surface area contributed by atoms with Crippen LogP contribution in [0.15, 0.2) is 54.2 Å². The Bertz CT molecular complexity index is 1060. The molecule has 0 saturated carbocycles. The fraction of sp³-hybridized carbons (Fsp3) is 0.286. The zero-order valence-corrected chi connectivity index (χ0v) is 17.8. The number of thiophene rings is 1. The number of hydrogen-bond acceptors (Lipinski definition) is 5. The number of aromatic nitrogens is 2. The summed E-state index contributed by atoms with van der Waals surface area (Å²) in [7, 11) is 1.35. The van der Waals surface area contributed by atoms with E-state index >= 15 is 0 Å². The summed E-state index contributed by atoms with van der Waals surface area (Å²) in [5, 5.41) is 17.2. The number of halogens is 3. The number of carbonyl (C=O) groups is 2. The second-order valence-corrected chi connectivity index (χ2v) is 8.03. The maximum Gasteiger partial charge on any atom is 0.424 e. The van der Waals surface area contributed by atoms with Gasteiger partial charge < -0.3 is 20.3 Å². The van der Waals surface area contributed by atoms with Gasteiger partial charge in [-0.15, -0.1) is 11.3 Å². The standard InChI is InChI=1S/C21H21F3N4O3S/c1-28-11-10-26-19(28)20(31,21(22,23)24)8-9-25-17(29)15-6-4-14(5-7-15)13-27-18(30)16-3-2-12-32-16/h2-7,10-12,31H,8-9,13H2,1H3,(H,25,29)(H,27,30).